The van der Waals surface area contributed by atoms with Gasteiger partial charge < -0.3 is 15.0 Å². The second-order valence-corrected chi connectivity index (χ2v) is 11.7. The number of hydrogen-bond acceptors (Lipinski definition) is 5. The normalized spacial score (nSPS) is 11.9. The predicted octanol–water partition coefficient (Wildman–Crippen LogP) is 4.84. The summed E-state index contributed by atoms with van der Waals surface area (Å²) in [6.45, 7) is 7.50. The number of nitrogens with one attached hydrogen (secondary N) is 1. The third-order valence-electron chi connectivity index (χ3n) is 6.73. The van der Waals surface area contributed by atoms with Gasteiger partial charge in [-0.15, -0.1) is 0 Å². The van der Waals surface area contributed by atoms with E-state index in [1.54, 1.807) is 50.4 Å². The van der Waals surface area contributed by atoms with Gasteiger partial charge in [0.05, 0.1) is 17.7 Å². The molecular formula is C31H39N3O5S. The smallest absolute Gasteiger partial charge is 0.264 e. The monoisotopic (exact) mass is 565 g/mol. The van der Waals surface area contributed by atoms with Crippen molar-refractivity contribution in [3.8, 4) is 5.75 Å². The first-order chi connectivity index (χ1) is 19.1. The van der Waals surface area contributed by atoms with Gasteiger partial charge in [-0.25, -0.2) is 8.42 Å². The number of hydrogen-bond donors (Lipinski definition) is 1. The minimum absolute atomic E-state index is 0.0772. The number of amides is 2. The van der Waals surface area contributed by atoms with Crippen LogP contribution < -0.4 is 14.4 Å². The second kappa shape index (κ2) is 14.0. The number of nitrogens with zero attached hydrogens (tertiary/aromatic N) is 2. The zero-order valence-electron chi connectivity index (χ0n) is 23.9. The molecule has 0 spiro atoms. The van der Waals surface area contributed by atoms with E-state index in [2.05, 4.69) is 5.32 Å². The molecule has 0 aliphatic heterocycles. The minimum Gasteiger partial charge on any atom is -0.497 e. The molecule has 3 rings (SSSR count). The van der Waals surface area contributed by atoms with Crippen LogP contribution in [0.25, 0.3) is 0 Å². The molecule has 9 heteroatoms. The maximum atomic E-state index is 14.0. The van der Waals surface area contributed by atoms with Crippen molar-refractivity contribution >= 4 is 27.5 Å². The lowest BCUT2D eigenvalue weighted by Gasteiger charge is -2.32. The van der Waals surface area contributed by atoms with Crippen LogP contribution in [0.5, 0.6) is 5.75 Å². The third kappa shape index (κ3) is 7.63. The third-order valence-corrected chi connectivity index (χ3v) is 8.50. The first kappa shape index (κ1) is 30.7. The van der Waals surface area contributed by atoms with Crippen LogP contribution in [0, 0.1) is 13.8 Å². The van der Waals surface area contributed by atoms with Gasteiger partial charge in [-0.2, -0.15) is 0 Å². The molecule has 0 unspecified atom stereocenters. The molecule has 40 heavy (non-hydrogen) atoms. The molecule has 2 amide bonds. The Balaban J connectivity index is 2.04. The van der Waals surface area contributed by atoms with E-state index in [1.807, 2.05) is 45.0 Å². The van der Waals surface area contributed by atoms with Crippen LogP contribution in [0.1, 0.15) is 43.4 Å². The van der Waals surface area contributed by atoms with Crippen molar-refractivity contribution in [2.24, 2.45) is 0 Å². The van der Waals surface area contributed by atoms with Crippen LogP contribution in [0.2, 0.25) is 0 Å². The number of aryl methyl sites for hydroxylation is 2. The minimum atomic E-state index is -4.10. The number of anilines is 1. The number of unbranched alkanes of at least 4 members (excludes halogenated alkanes) is 1. The quantitative estimate of drug-likeness (QED) is 0.299. The number of carbonyl (C=O) groups excluding carboxylic acids is 2. The Morgan fingerprint density at radius 2 is 1.70 bits per heavy atom. The molecule has 0 fully saturated rings. The zero-order valence-corrected chi connectivity index (χ0v) is 24.7. The van der Waals surface area contributed by atoms with E-state index in [4.69, 9.17) is 4.74 Å². The van der Waals surface area contributed by atoms with Gasteiger partial charge in [0.25, 0.3) is 10.0 Å². The maximum absolute atomic E-state index is 14.0. The average Bonchev–Trinajstić information content (AvgIpc) is 2.96. The Morgan fingerprint density at radius 1 is 0.975 bits per heavy atom. The molecule has 0 aromatic heterocycles. The highest BCUT2D eigenvalue weighted by molar-refractivity contribution is 7.92. The van der Waals surface area contributed by atoms with Crippen molar-refractivity contribution in [2.75, 3.05) is 24.5 Å². The molecular weight excluding hydrogens is 526 g/mol. The summed E-state index contributed by atoms with van der Waals surface area (Å²) in [7, 11) is -2.55. The van der Waals surface area contributed by atoms with Crippen LogP contribution >= 0.6 is 0 Å². The summed E-state index contributed by atoms with van der Waals surface area (Å²) in [5, 5.41) is 2.90. The van der Waals surface area contributed by atoms with Gasteiger partial charge in [-0.05, 0) is 74.2 Å². The maximum Gasteiger partial charge on any atom is 0.264 e. The fourth-order valence-corrected chi connectivity index (χ4v) is 5.80. The summed E-state index contributed by atoms with van der Waals surface area (Å²) >= 11 is 0. The Labute approximate surface area is 238 Å². The molecule has 0 heterocycles. The molecule has 3 aromatic carbocycles. The Kier molecular flexibility index (Phi) is 10.7. The van der Waals surface area contributed by atoms with Gasteiger partial charge in [-0.1, -0.05) is 55.8 Å². The lowest BCUT2D eigenvalue weighted by molar-refractivity contribution is -0.139. The van der Waals surface area contributed by atoms with Crippen molar-refractivity contribution in [3.63, 3.8) is 0 Å². The van der Waals surface area contributed by atoms with Gasteiger partial charge in [0.15, 0.2) is 0 Å². The van der Waals surface area contributed by atoms with Gasteiger partial charge >= 0.3 is 0 Å². The number of methoxy groups -OCH3 is 1. The molecule has 0 saturated carbocycles. The van der Waals surface area contributed by atoms with E-state index in [0.717, 1.165) is 28.3 Å². The summed E-state index contributed by atoms with van der Waals surface area (Å²) in [6.07, 6.45) is 1.74. The average molecular weight is 566 g/mol. The van der Waals surface area contributed by atoms with Crippen molar-refractivity contribution < 1.29 is 22.7 Å². The molecule has 1 atom stereocenters. The number of sulfonamides is 1. The summed E-state index contributed by atoms with van der Waals surface area (Å²) in [5.74, 6) is -0.177. The SMILES string of the molecule is CCCCNC(=O)[C@H](C)N(Cc1cccc(OC)c1)C(=O)CN(c1cc(C)ccc1C)S(=O)(=O)c1ccccc1. The van der Waals surface area contributed by atoms with Crippen LogP contribution in [0.3, 0.4) is 0 Å². The van der Waals surface area contributed by atoms with Crippen molar-refractivity contribution in [2.45, 2.75) is 58.0 Å². The summed E-state index contributed by atoms with van der Waals surface area (Å²) < 4.78 is 34.4. The second-order valence-electron chi connectivity index (χ2n) is 9.81. The first-order valence-corrected chi connectivity index (χ1v) is 14.9. The van der Waals surface area contributed by atoms with E-state index in [0.29, 0.717) is 23.5 Å². The van der Waals surface area contributed by atoms with Gasteiger partial charge in [-0.3, -0.25) is 13.9 Å². The van der Waals surface area contributed by atoms with Crippen LogP contribution in [0.15, 0.2) is 77.7 Å². The molecule has 0 saturated heterocycles. The van der Waals surface area contributed by atoms with Crippen molar-refractivity contribution in [1.82, 2.24) is 10.2 Å². The standard InChI is InChI=1S/C31H39N3O5S/c1-6-7-18-32-31(36)25(4)33(21-26-12-11-13-27(20-26)39-5)30(35)22-34(29-19-23(2)16-17-24(29)3)40(37,38)28-14-9-8-10-15-28/h8-17,19-20,25H,6-7,18,21-22H2,1-5H3,(H,32,36)/t25-/m0/s1. The highest BCUT2D eigenvalue weighted by Gasteiger charge is 2.33. The molecule has 0 radical (unpaired) electrons. The zero-order chi connectivity index (χ0) is 29.3. The fraction of sp³-hybridized carbons (Fsp3) is 0.355. The molecule has 8 nitrogen and oxygen atoms in total. The molecule has 3 aromatic rings. The van der Waals surface area contributed by atoms with Gasteiger partial charge in [0, 0.05) is 13.1 Å². The van der Waals surface area contributed by atoms with Gasteiger partial charge in [0.2, 0.25) is 11.8 Å². The number of rotatable bonds is 13. The topological polar surface area (TPSA) is 96.0 Å². The fourth-order valence-electron chi connectivity index (χ4n) is 4.31. The highest BCUT2D eigenvalue weighted by atomic mass is 32.2. The van der Waals surface area contributed by atoms with Crippen molar-refractivity contribution in [3.05, 3.63) is 89.5 Å². The first-order valence-electron chi connectivity index (χ1n) is 13.4. The Morgan fingerprint density at radius 3 is 2.38 bits per heavy atom. The summed E-state index contributed by atoms with van der Waals surface area (Å²) in [6, 6.07) is 19.9. The van der Waals surface area contributed by atoms with Gasteiger partial charge in [0.1, 0.15) is 18.3 Å². The lowest BCUT2D eigenvalue weighted by atomic mass is 10.1. The van der Waals surface area contributed by atoms with Crippen LogP contribution in [0.4, 0.5) is 5.69 Å². The largest absolute Gasteiger partial charge is 0.497 e. The molecule has 0 aliphatic carbocycles. The van der Waals surface area contributed by atoms with Crippen LogP contribution in [-0.2, 0) is 26.2 Å². The molecule has 214 valence electrons. The molecule has 0 aliphatic rings. The van der Waals surface area contributed by atoms with Crippen molar-refractivity contribution in [1.29, 1.82) is 0 Å². The Bertz CT molecular complexity index is 1410. The molecule has 1 N–H and O–H groups in total. The lowest BCUT2D eigenvalue weighted by Crippen LogP contribution is -2.51. The van der Waals surface area contributed by atoms with E-state index >= 15 is 0 Å². The predicted molar refractivity (Wildman–Crippen MR) is 158 cm³/mol. The van der Waals surface area contributed by atoms with E-state index in [1.165, 1.54) is 17.0 Å². The number of benzene rings is 3. The van der Waals surface area contributed by atoms with E-state index in [9.17, 15) is 18.0 Å². The Hall–Kier alpha value is -3.85. The van der Waals surface area contributed by atoms with Crippen LogP contribution in [-0.4, -0.2) is 51.4 Å². The highest BCUT2D eigenvalue weighted by Crippen LogP contribution is 2.28. The summed E-state index contributed by atoms with van der Waals surface area (Å²) in [5.41, 5.74) is 2.74. The number of carbonyl (C=O) groups is 2. The molecule has 0 bridgehead atoms. The number of ether oxygens (including phenoxy) is 1. The van der Waals surface area contributed by atoms with E-state index < -0.39 is 28.5 Å². The van der Waals surface area contributed by atoms with E-state index in [-0.39, 0.29) is 17.3 Å². The summed E-state index contributed by atoms with van der Waals surface area (Å²) in [4.78, 5) is 28.6.